The molecule has 0 saturated carbocycles. The van der Waals surface area contributed by atoms with Gasteiger partial charge >= 0.3 is 0 Å². The number of thioether (sulfide) groups is 1. The summed E-state index contributed by atoms with van der Waals surface area (Å²) >= 11 is 1.81. The summed E-state index contributed by atoms with van der Waals surface area (Å²) in [5.74, 6) is 0.606. The van der Waals surface area contributed by atoms with Crippen LogP contribution in [0.4, 0.5) is 0 Å². The Balaban J connectivity index is 4.89. The summed E-state index contributed by atoms with van der Waals surface area (Å²) < 4.78 is 0. The molecular formula is C15H26S. The normalized spacial score (nSPS) is 14.5. The third-order valence-corrected chi connectivity index (χ3v) is 3.77. The van der Waals surface area contributed by atoms with Crippen LogP contribution in [-0.2, 0) is 0 Å². The monoisotopic (exact) mass is 238 g/mol. The molecule has 0 aromatic carbocycles. The van der Waals surface area contributed by atoms with Gasteiger partial charge in [0, 0.05) is 4.91 Å². The van der Waals surface area contributed by atoms with Gasteiger partial charge in [-0.25, -0.2) is 0 Å². The summed E-state index contributed by atoms with van der Waals surface area (Å²) in [6, 6.07) is 0. The van der Waals surface area contributed by atoms with Crippen molar-refractivity contribution in [3.05, 3.63) is 34.8 Å². The molecule has 0 aliphatic heterocycles. The highest BCUT2D eigenvalue weighted by Crippen LogP contribution is 2.28. The highest BCUT2D eigenvalue weighted by atomic mass is 32.2. The lowest BCUT2D eigenvalue weighted by atomic mass is 9.87. The minimum Gasteiger partial charge on any atom is -0.130 e. The zero-order chi connectivity index (χ0) is 12.9. The molecule has 0 aromatic heterocycles. The molecule has 0 aliphatic rings. The van der Waals surface area contributed by atoms with Crippen LogP contribution in [0.2, 0.25) is 0 Å². The van der Waals surface area contributed by atoms with Gasteiger partial charge in [0.2, 0.25) is 0 Å². The van der Waals surface area contributed by atoms with E-state index in [9.17, 15) is 0 Å². The third-order valence-electron chi connectivity index (χ3n) is 2.87. The Morgan fingerprint density at radius 3 is 2.00 bits per heavy atom. The number of allylic oxidation sites excluding steroid dienone is 4. The highest BCUT2D eigenvalue weighted by molar-refractivity contribution is 8.02. The van der Waals surface area contributed by atoms with Gasteiger partial charge in [0.15, 0.2) is 0 Å². The Morgan fingerprint density at radius 1 is 1.19 bits per heavy atom. The maximum atomic E-state index is 4.12. The van der Waals surface area contributed by atoms with Gasteiger partial charge in [-0.05, 0) is 36.2 Å². The maximum Gasteiger partial charge on any atom is 0.00610 e. The summed E-state index contributed by atoms with van der Waals surface area (Å²) in [4.78, 5) is 1.36. The molecule has 0 unspecified atom stereocenters. The fraction of sp³-hybridized carbons (Fsp3) is 0.600. The van der Waals surface area contributed by atoms with Gasteiger partial charge in [-0.1, -0.05) is 52.8 Å². The first-order chi connectivity index (χ1) is 7.20. The SMILES string of the molecule is C=C(/C=C\C(SC)=C(/C)C(C)C)C(C)(C)C. The van der Waals surface area contributed by atoms with Crippen LogP contribution in [0.25, 0.3) is 0 Å². The van der Waals surface area contributed by atoms with Crippen molar-refractivity contribution in [2.75, 3.05) is 6.26 Å². The lowest BCUT2D eigenvalue weighted by molar-refractivity contribution is 0.519. The molecule has 92 valence electrons. The van der Waals surface area contributed by atoms with Gasteiger partial charge in [0.1, 0.15) is 0 Å². The fourth-order valence-corrected chi connectivity index (χ4v) is 1.83. The first-order valence-corrected chi connectivity index (χ1v) is 7.04. The molecule has 0 fully saturated rings. The van der Waals surface area contributed by atoms with Crippen molar-refractivity contribution < 1.29 is 0 Å². The number of hydrogen-bond donors (Lipinski definition) is 0. The minimum atomic E-state index is 0.158. The topological polar surface area (TPSA) is 0 Å². The van der Waals surface area contributed by atoms with Crippen molar-refractivity contribution in [3.8, 4) is 0 Å². The minimum absolute atomic E-state index is 0.158. The molecule has 0 saturated heterocycles. The molecule has 0 nitrogen and oxygen atoms in total. The Morgan fingerprint density at radius 2 is 1.69 bits per heavy atom. The first kappa shape index (κ1) is 15.6. The van der Waals surface area contributed by atoms with Gasteiger partial charge in [0.25, 0.3) is 0 Å². The van der Waals surface area contributed by atoms with Crippen LogP contribution in [0.3, 0.4) is 0 Å². The summed E-state index contributed by atoms with van der Waals surface area (Å²) in [5, 5.41) is 0. The number of hydrogen-bond acceptors (Lipinski definition) is 1. The van der Waals surface area contributed by atoms with E-state index in [1.165, 1.54) is 16.1 Å². The Hall–Kier alpha value is -0.430. The molecule has 0 heterocycles. The molecule has 1 heteroatoms. The average molecular weight is 238 g/mol. The molecular weight excluding hydrogens is 212 g/mol. The molecule has 0 rings (SSSR count). The van der Waals surface area contributed by atoms with E-state index >= 15 is 0 Å². The van der Waals surface area contributed by atoms with Crippen LogP contribution in [0.1, 0.15) is 41.5 Å². The fourth-order valence-electron chi connectivity index (χ4n) is 1.07. The molecule has 0 amide bonds. The van der Waals surface area contributed by atoms with Crippen molar-refractivity contribution in [3.63, 3.8) is 0 Å². The van der Waals surface area contributed by atoms with E-state index in [0.717, 1.165) is 0 Å². The Bertz CT molecular complexity index is 298. The Labute approximate surface area is 106 Å². The van der Waals surface area contributed by atoms with Crippen LogP contribution in [0.15, 0.2) is 34.8 Å². The quantitative estimate of drug-likeness (QED) is 0.588. The van der Waals surface area contributed by atoms with E-state index in [-0.39, 0.29) is 5.41 Å². The highest BCUT2D eigenvalue weighted by Gasteiger charge is 2.12. The molecule has 0 atom stereocenters. The summed E-state index contributed by atoms with van der Waals surface area (Å²) in [5.41, 5.74) is 2.78. The van der Waals surface area contributed by atoms with Crippen molar-refractivity contribution >= 4 is 11.8 Å². The predicted molar refractivity (Wildman–Crippen MR) is 78.8 cm³/mol. The summed E-state index contributed by atoms with van der Waals surface area (Å²) in [6.07, 6.45) is 6.48. The lowest BCUT2D eigenvalue weighted by Gasteiger charge is -2.19. The van der Waals surface area contributed by atoms with Gasteiger partial charge in [-0.2, -0.15) is 0 Å². The lowest BCUT2D eigenvalue weighted by Crippen LogP contribution is -2.05. The van der Waals surface area contributed by atoms with E-state index < -0.39 is 0 Å². The standard InChI is InChI=1S/C15H26S/c1-11(2)13(4)14(16-8)10-9-12(3)15(5,6)7/h9-11H,3H2,1-2,4-8H3/b10-9-,14-13-. The molecule has 0 aliphatic carbocycles. The zero-order valence-corrected chi connectivity index (χ0v) is 12.7. The van der Waals surface area contributed by atoms with Gasteiger partial charge in [-0.3, -0.25) is 0 Å². The average Bonchev–Trinajstić information content (AvgIpc) is 2.16. The Kier molecular flexibility index (Phi) is 6.17. The smallest absolute Gasteiger partial charge is 0.00610 e. The molecule has 0 aromatic rings. The third kappa shape index (κ3) is 5.07. The molecule has 0 N–H and O–H groups in total. The van der Waals surface area contributed by atoms with Gasteiger partial charge in [-0.15, -0.1) is 11.8 Å². The molecule has 0 bridgehead atoms. The maximum absolute atomic E-state index is 4.12. The van der Waals surface area contributed by atoms with Crippen LogP contribution >= 0.6 is 11.8 Å². The van der Waals surface area contributed by atoms with Crippen LogP contribution in [-0.4, -0.2) is 6.26 Å². The van der Waals surface area contributed by atoms with Crippen molar-refractivity contribution in [2.24, 2.45) is 11.3 Å². The molecule has 0 radical (unpaired) electrons. The van der Waals surface area contributed by atoms with Crippen LogP contribution < -0.4 is 0 Å². The number of rotatable bonds is 4. The predicted octanol–water partition coefficient (Wildman–Crippen LogP) is 5.44. The van der Waals surface area contributed by atoms with E-state index in [2.05, 4.69) is 66.5 Å². The van der Waals surface area contributed by atoms with Gasteiger partial charge < -0.3 is 0 Å². The second-order valence-electron chi connectivity index (χ2n) is 5.51. The summed E-state index contributed by atoms with van der Waals surface area (Å²) in [7, 11) is 0. The van der Waals surface area contributed by atoms with Crippen LogP contribution in [0.5, 0.6) is 0 Å². The van der Waals surface area contributed by atoms with E-state index in [4.69, 9.17) is 0 Å². The second-order valence-corrected chi connectivity index (χ2v) is 6.36. The summed E-state index contributed by atoms with van der Waals surface area (Å²) in [6.45, 7) is 17.4. The zero-order valence-electron chi connectivity index (χ0n) is 11.8. The van der Waals surface area contributed by atoms with E-state index in [0.29, 0.717) is 5.92 Å². The largest absolute Gasteiger partial charge is 0.130 e. The van der Waals surface area contributed by atoms with Crippen molar-refractivity contribution in [1.82, 2.24) is 0 Å². The van der Waals surface area contributed by atoms with Crippen LogP contribution in [0, 0.1) is 11.3 Å². The van der Waals surface area contributed by atoms with Gasteiger partial charge in [0.05, 0.1) is 0 Å². The second kappa shape index (κ2) is 6.34. The first-order valence-electron chi connectivity index (χ1n) is 5.82. The van der Waals surface area contributed by atoms with Crippen molar-refractivity contribution in [1.29, 1.82) is 0 Å². The van der Waals surface area contributed by atoms with E-state index in [1.807, 2.05) is 11.8 Å². The molecule has 16 heavy (non-hydrogen) atoms. The van der Waals surface area contributed by atoms with Crippen molar-refractivity contribution in [2.45, 2.75) is 41.5 Å². The molecule has 0 spiro atoms. The van der Waals surface area contributed by atoms with E-state index in [1.54, 1.807) is 0 Å².